The van der Waals surface area contributed by atoms with E-state index in [0.29, 0.717) is 11.1 Å². The van der Waals surface area contributed by atoms with E-state index in [1.165, 1.54) is 6.07 Å². The van der Waals surface area contributed by atoms with Crippen molar-refractivity contribution >= 4 is 5.78 Å². The van der Waals surface area contributed by atoms with Crippen molar-refractivity contribution in [3.05, 3.63) is 35.1 Å². The van der Waals surface area contributed by atoms with Crippen molar-refractivity contribution < 1.29 is 9.18 Å². The molecule has 96 valence electrons. The number of fused-ring (bicyclic) bond motifs is 3. The van der Waals surface area contributed by atoms with Crippen molar-refractivity contribution in [1.29, 1.82) is 0 Å². The van der Waals surface area contributed by atoms with Crippen LogP contribution >= 0.6 is 0 Å². The highest BCUT2D eigenvalue weighted by molar-refractivity contribution is 6.04. The monoisotopic (exact) mass is 246 g/mol. The van der Waals surface area contributed by atoms with Gasteiger partial charge in [0, 0.05) is 22.5 Å². The average Bonchev–Trinajstić information content (AvgIpc) is 2.49. The molecule has 1 fully saturated rings. The maximum absolute atomic E-state index is 14.2. The number of hydrogen-bond donors (Lipinski definition) is 0. The Morgan fingerprint density at radius 2 is 1.94 bits per heavy atom. The lowest BCUT2D eigenvalue weighted by atomic mass is 9.56. The SMILES string of the molecule is CC1(C)CCC[C@@]2(C)c3c(F)cccc3C(=O)[C@@H]12. The minimum Gasteiger partial charge on any atom is -0.294 e. The highest BCUT2D eigenvalue weighted by Gasteiger charge is 2.57. The summed E-state index contributed by atoms with van der Waals surface area (Å²) in [6.07, 6.45) is 3.04. The molecule has 2 aliphatic rings. The molecule has 0 radical (unpaired) electrons. The molecule has 0 N–H and O–H groups in total. The van der Waals surface area contributed by atoms with Gasteiger partial charge in [-0.2, -0.15) is 0 Å². The number of Topliss-reactive ketones (excluding diaryl/α,β-unsaturated/α-hetero) is 1. The van der Waals surface area contributed by atoms with Crippen LogP contribution in [0, 0.1) is 17.2 Å². The number of halogens is 1. The van der Waals surface area contributed by atoms with Crippen LogP contribution < -0.4 is 0 Å². The Morgan fingerprint density at radius 1 is 1.22 bits per heavy atom. The first-order valence-electron chi connectivity index (χ1n) is 6.71. The predicted molar refractivity (Wildman–Crippen MR) is 69.2 cm³/mol. The smallest absolute Gasteiger partial charge is 0.167 e. The molecule has 0 heterocycles. The topological polar surface area (TPSA) is 17.1 Å². The third-order valence-electron chi connectivity index (χ3n) is 5.05. The van der Waals surface area contributed by atoms with Crippen molar-refractivity contribution in [3.63, 3.8) is 0 Å². The lowest BCUT2D eigenvalue weighted by Crippen LogP contribution is -2.44. The first-order valence-corrected chi connectivity index (χ1v) is 6.71. The summed E-state index contributed by atoms with van der Waals surface area (Å²) in [5, 5.41) is 0. The Kier molecular flexibility index (Phi) is 2.27. The predicted octanol–water partition coefficient (Wildman–Crippen LogP) is 4.11. The lowest BCUT2D eigenvalue weighted by molar-refractivity contribution is 0.0495. The van der Waals surface area contributed by atoms with E-state index in [4.69, 9.17) is 0 Å². The van der Waals surface area contributed by atoms with Crippen molar-refractivity contribution in [1.82, 2.24) is 0 Å². The quantitative estimate of drug-likeness (QED) is 0.673. The van der Waals surface area contributed by atoms with Gasteiger partial charge in [0.1, 0.15) is 5.82 Å². The van der Waals surface area contributed by atoms with E-state index < -0.39 is 0 Å². The van der Waals surface area contributed by atoms with Crippen molar-refractivity contribution in [2.24, 2.45) is 11.3 Å². The number of carbonyl (C=O) groups is 1. The van der Waals surface area contributed by atoms with E-state index >= 15 is 0 Å². The van der Waals surface area contributed by atoms with E-state index in [1.54, 1.807) is 12.1 Å². The molecule has 1 aromatic rings. The number of ketones is 1. The Morgan fingerprint density at radius 3 is 2.67 bits per heavy atom. The van der Waals surface area contributed by atoms with Gasteiger partial charge in [0.2, 0.25) is 0 Å². The Bertz CT molecular complexity index is 532. The molecule has 0 spiro atoms. The third-order valence-corrected chi connectivity index (χ3v) is 5.05. The van der Waals surface area contributed by atoms with E-state index in [2.05, 4.69) is 20.8 Å². The second kappa shape index (κ2) is 3.43. The molecule has 0 bridgehead atoms. The summed E-state index contributed by atoms with van der Waals surface area (Å²) in [4.78, 5) is 12.6. The zero-order valence-corrected chi connectivity index (χ0v) is 11.2. The van der Waals surface area contributed by atoms with Gasteiger partial charge in [-0.15, -0.1) is 0 Å². The van der Waals surface area contributed by atoms with Crippen LogP contribution in [0.25, 0.3) is 0 Å². The Hall–Kier alpha value is -1.18. The van der Waals surface area contributed by atoms with Crippen LogP contribution in [0.1, 0.15) is 56.0 Å². The van der Waals surface area contributed by atoms with Gasteiger partial charge >= 0.3 is 0 Å². The van der Waals surface area contributed by atoms with Crippen molar-refractivity contribution in [2.75, 3.05) is 0 Å². The zero-order chi connectivity index (χ0) is 13.1. The first-order chi connectivity index (χ1) is 8.38. The van der Waals surface area contributed by atoms with Gasteiger partial charge in [0.25, 0.3) is 0 Å². The second-order valence-corrected chi connectivity index (χ2v) is 6.72. The average molecular weight is 246 g/mol. The molecule has 0 aromatic heterocycles. The molecule has 3 rings (SSSR count). The minimum absolute atomic E-state index is 0.0322. The number of benzene rings is 1. The highest BCUT2D eigenvalue weighted by atomic mass is 19.1. The summed E-state index contributed by atoms with van der Waals surface area (Å²) in [7, 11) is 0. The molecule has 2 aliphatic carbocycles. The molecule has 1 nitrogen and oxygen atoms in total. The summed E-state index contributed by atoms with van der Waals surface area (Å²) in [6.45, 7) is 6.37. The summed E-state index contributed by atoms with van der Waals surface area (Å²) in [5.74, 6) is -0.120. The van der Waals surface area contributed by atoms with Crippen molar-refractivity contribution in [3.8, 4) is 0 Å². The van der Waals surface area contributed by atoms with Crippen molar-refractivity contribution in [2.45, 2.75) is 45.4 Å². The largest absolute Gasteiger partial charge is 0.294 e. The molecule has 1 saturated carbocycles. The fraction of sp³-hybridized carbons (Fsp3) is 0.562. The van der Waals surface area contributed by atoms with Gasteiger partial charge in [0.15, 0.2) is 5.78 Å². The summed E-state index contributed by atoms with van der Waals surface area (Å²) < 4.78 is 14.2. The van der Waals surface area contributed by atoms with Crippen LogP contribution in [0.3, 0.4) is 0 Å². The minimum atomic E-state index is -0.306. The van der Waals surface area contributed by atoms with Gasteiger partial charge < -0.3 is 0 Å². The molecule has 0 aliphatic heterocycles. The molecule has 0 amide bonds. The Labute approximate surface area is 107 Å². The number of carbonyl (C=O) groups excluding carboxylic acids is 1. The van der Waals surface area contributed by atoms with Crippen LogP contribution in [0.15, 0.2) is 18.2 Å². The van der Waals surface area contributed by atoms with E-state index in [0.717, 1.165) is 19.3 Å². The summed E-state index contributed by atoms with van der Waals surface area (Å²) in [5.41, 5.74) is 0.958. The van der Waals surface area contributed by atoms with E-state index in [9.17, 15) is 9.18 Å². The highest BCUT2D eigenvalue weighted by Crippen LogP contribution is 2.58. The first kappa shape index (κ1) is 11.9. The lowest BCUT2D eigenvalue weighted by Gasteiger charge is -2.46. The molecule has 0 unspecified atom stereocenters. The molecule has 0 saturated heterocycles. The van der Waals surface area contributed by atoms with Gasteiger partial charge in [0.05, 0.1) is 0 Å². The van der Waals surface area contributed by atoms with E-state index in [1.807, 2.05) is 0 Å². The molecular formula is C16H19FO. The van der Waals surface area contributed by atoms with Crippen LogP contribution in [0.2, 0.25) is 0 Å². The zero-order valence-electron chi connectivity index (χ0n) is 11.2. The fourth-order valence-corrected chi connectivity index (χ4v) is 4.44. The van der Waals surface area contributed by atoms with Crippen LogP contribution in [0.4, 0.5) is 4.39 Å². The molecule has 2 heteroatoms. The summed E-state index contributed by atoms with van der Waals surface area (Å²) in [6, 6.07) is 4.93. The Balaban J connectivity index is 2.27. The van der Waals surface area contributed by atoms with Gasteiger partial charge in [-0.3, -0.25) is 4.79 Å². The molecular weight excluding hydrogens is 227 g/mol. The van der Waals surface area contributed by atoms with E-state index in [-0.39, 0.29) is 28.3 Å². The van der Waals surface area contributed by atoms with Gasteiger partial charge in [-0.1, -0.05) is 39.3 Å². The maximum atomic E-state index is 14.2. The normalized spacial score (nSPS) is 33.1. The maximum Gasteiger partial charge on any atom is 0.167 e. The van der Waals surface area contributed by atoms with Crippen LogP contribution in [-0.4, -0.2) is 5.78 Å². The van der Waals surface area contributed by atoms with Crippen LogP contribution in [-0.2, 0) is 5.41 Å². The summed E-state index contributed by atoms with van der Waals surface area (Å²) >= 11 is 0. The molecule has 1 aromatic carbocycles. The van der Waals surface area contributed by atoms with Gasteiger partial charge in [-0.05, 0) is 24.3 Å². The number of rotatable bonds is 0. The fourth-order valence-electron chi connectivity index (χ4n) is 4.44. The van der Waals surface area contributed by atoms with Gasteiger partial charge in [-0.25, -0.2) is 4.39 Å². The standard InChI is InChI=1S/C16H19FO/c1-15(2)8-5-9-16(3)12-10(13(18)14(15)16)6-4-7-11(12)17/h4,6-7,14H,5,8-9H2,1-3H3/t14-,16-/m0/s1. The third kappa shape index (κ3) is 1.29. The second-order valence-electron chi connectivity index (χ2n) is 6.72. The molecule has 2 atom stereocenters. The molecule has 18 heavy (non-hydrogen) atoms. The number of hydrogen-bond acceptors (Lipinski definition) is 1. The van der Waals surface area contributed by atoms with Crippen LogP contribution in [0.5, 0.6) is 0 Å².